The summed E-state index contributed by atoms with van der Waals surface area (Å²) in [7, 11) is -3.54. The van der Waals surface area contributed by atoms with Crippen molar-refractivity contribution in [1.82, 2.24) is 9.21 Å². The Morgan fingerprint density at radius 2 is 1.73 bits per heavy atom. The molecule has 0 N–H and O–H groups in total. The molecule has 1 aliphatic rings. The van der Waals surface area contributed by atoms with E-state index in [1.165, 1.54) is 4.31 Å². The van der Waals surface area contributed by atoms with Gasteiger partial charge in [0.2, 0.25) is 15.9 Å². The molecule has 0 aliphatic carbocycles. The predicted octanol–water partition coefficient (Wildman–Crippen LogP) is 3.65. The van der Waals surface area contributed by atoms with Crippen molar-refractivity contribution in [1.29, 1.82) is 0 Å². The van der Waals surface area contributed by atoms with Crippen LogP contribution in [0.4, 0.5) is 0 Å². The average molecular weight is 451 g/mol. The molecular formula is C22H27ClN2O4S. The molecule has 0 spiro atoms. The van der Waals surface area contributed by atoms with Crippen LogP contribution in [-0.4, -0.2) is 56.3 Å². The molecule has 2 aromatic carbocycles. The minimum Gasteiger partial charge on any atom is -0.492 e. The third-order valence-electron chi connectivity index (χ3n) is 5.34. The molecule has 1 fully saturated rings. The minimum absolute atomic E-state index is 0.0148. The number of ether oxygens (including phenoxy) is 1. The first-order valence-corrected chi connectivity index (χ1v) is 11.8. The van der Waals surface area contributed by atoms with E-state index in [0.717, 1.165) is 11.1 Å². The van der Waals surface area contributed by atoms with Gasteiger partial charge in [0.25, 0.3) is 0 Å². The second kappa shape index (κ2) is 9.81. The Bertz CT molecular complexity index is 1000. The van der Waals surface area contributed by atoms with Gasteiger partial charge in [-0.1, -0.05) is 29.8 Å². The Hall–Kier alpha value is -2.09. The maximum atomic E-state index is 12.9. The molecule has 0 unspecified atom stereocenters. The van der Waals surface area contributed by atoms with Crippen LogP contribution in [0, 0.1) is 13.8 Å². The highest BCUT2D eigenvalue weighted by molar-refractivity contribution is 7.89. The summed E-state index contributed by atoms with van der Waals surface area (Å²) in [4.78, 5) is 14.5. The van der Waals surface area contributed by atoms with E-state index in [2.05, 4.69) is 0 Å². The number of sulfonamides is 1. The molecule has 3 rings (SSSR count). The van der Waals surface area contributed by atoms with Gasteiger partial charge in [0.05, 0.1) is 16.5 Å². The van der Waals surface area contributed by atoms with Crippen molar-refractivity contribution < 1.29 is 17.9 Å². The van der Waals surface area contributed by atoms with E-state index in [4.69, 9.17) is 16.3 Å². The molecule has 30 heavy (non-hydrogen) atoms. The summed E-state index contributed by atoms with van der Waals surface area (Å²) in [5.74, 6) is 0.623. The number of hydrogen-bond acceptors (Lipinski definition) is 4. The standard InChI is InChI=1S/C22H27ClN2O4S/c1-17-9-10-19(16-18(17)2)30(27,28)25-13-11-24(12-14-25)22(26)8-5-15-29-21-7-4-3-6-20(21)23/h3-4,6-7,9-10,16H,5,8,11-15H2,1-2H3. The SMILES string of the molecule is Cc1ccc(S(=O)(=O)N2CCN(C(=O)CCCOc3ccccc3Cl)CC2)cc1C. The van der Waals surface area contributed by atoms with Gasteiger partial charge >= 0.3 is 0 Å². The average Bonchev–Trinajstić information content (AvgIpc) is 2.74. The number of halogens is 1. The zero-order valence-corrected chi connectivity index (χ0v) is 18.9. The number of rotatable bonds is 7. The molecule has 1 saturated heterocycles. The summed E-state index contributed by atoms with van der Waals surface area (Å²) in [5.41, 5.74) is 2.01. The van der Waals surface area contributed by atoms with Crippen molar-refractivity contribution in [2.75, 3.05) is 32.8 Å². The second-order valence-electron chi connectivity index (χ2n) is 7.41. The second-order valence-corrected chi connectivity index (χ2v) is 9.76. The smallest absolute Gasteiger partial charge is 0.243 e. The molecule has 8 heteroatoms. The first-order chi connectivity index (χ1) is 14.3. The van der Waals surface area contributed by atoms with Crippen LogP contribution < -0.4 is 4.74 Å². The van der Waals surface area contributed by atoms with Crippen LogP contribution in [0.25, 0.3) is 0 Å². The number of piperazine rings is 1. The molecular weight excluding hydrogens is 424 g/mol. The fourth-order valence-corrected chi connectivity index (χ4v) is 5.02. The molecule has 2 aromatic rings. The van der Waals surface area contributed by atoms with Crippen LogP contribution in [0.5, 0.6) is 5.75 Å². The van der Waals surface area contributed by atoms with Crippen LogP contribution in [0.1, 0.15) is 24.0 Å². The third kappa shape index (κ3) is 5.33. The van der Waals surface area contributed by atoms with Gasteiger partial charge in [-0.2, -0.15) is 4.31 Å². The number of carbonyl (C=O) groups is 1. The quantitative estimate of drug-likeness (QED) is 0.604. The van der Waals surface area contributed by atoms with Crippen LogP contribution in [-0.2, 0) is 14.8 Å². The van der Waals surface area contributed by atoms with Gasteiger partial charge < -0.3 is 9.64 Å². The topological polar surface area (TPSA) is 66.9 Å². The van der Waals surface area contributed by atoms with E-state index in [-0.39, 0.29) is 5.91 Å². The lowest BCUT2D eigenvalue weighted by molar-refractivity contribution is -0.132. The molecule has 0 atom stereocenters. The number of nitrogens with zero attached hydrogens (tertiary/aromatic N) is 2. The summed E-state index contributed by atoms with van der Waals surface area (Å²) < 4.78 is 32.9. The fraction of sp³-hybridized carbons (Fsp3) is 0.409. The molecule has 0 bridgehead atoms. The predicted molar refractivity (Wildman–Crippen MR) is 117 cm³/mol. The lowest BCUT2D eigenvalue weighted by Crippen LogP contribution is -2.50. The zero-order chi connectivity index (χ0) is 21.7. The molecule has 1 heterocycles. The van der Waals surface area contributed by atoms with Crippen molar-refractivity contribution in [3.05, 3.63) is 58.6 Å². The third-order valence-corrected chi connectivity index (χ3v) is 7.54. The Balaban J connectivity index is 1.47. The molecule has 1 aliphatic heterocycles. The monoisotopic (exact) mass is 450 g/mol. The maximum Gasteiger partial charge on any atom is 0.243 e. The zero-order valence-electron chi connectivity index (χ0n) is 17.3. The Kier molecular flexibility index (Phi) is 7.39. The van der Waals surface area contributed by atoms with Crippen LogP contribution in [0.3, 0.4) is 0 Å². The number of carbonyl (C=O) groups excluding carboxylic acids is 1. The number of hydrogen-bond donors (Lipinski definition) is 0. The van der Waals surface area contributed by atoms with Gasteiger partial charge in [-0.15, -0.1) is 0 Å². The maximum absolute atomic E-state index is 12.9. The van der Waals surface area contributed by atoms with Crippen molar-refractivity contribution in [3.63, 3.8) is 0 Å². The number of amides is 1. The van der Waals surface area contributed by atoms with Gasteiger partial charge in [-0.05, 0) is 55.7 Å². The summed E-state index contributed by atoms with van der Waals surface area (Å²) in [6.07, 6.45) is 0.930. The van der Waals surface area contributed by atoms with Gasteiger partial charge in [-0.25, -0.2) is 8.42 Å². The van der Waals surface area contributed by atoms with Crippen molar-refractivity contribution >= 4 is 27.5 Å². The minimum atomic E-state index is -3.54. The summed E-state index contributed by atoms with van der Waals surface area (Å²) in [6.45, 7) is 5.66. The van der Waals surface area contributed by atoms with Crippen LogP contribution in [0.2, 0.25) is 5.02 Å². The van der Waals surface area contributed by atoms with Crippen molar-refractivity contribution in [2.45, 2.75) is 31.6 Å². The van der Waals surface area contributed by atoms with Crippen molar-refractivity contribution in [2.24, 2.45) is 0 Å². The van der Waals surface area contributed by atoms with E-state index in [1.54, 1.807) is 29.2 Å². The molecule has 0 saturated carbocycles. The van der Waals surface area contributed by atoms with Crippen LogP contribution >= 0.6 is 11.6 Å². The number of benzene rings is 2. The molecule has 1 amide bonds. The Morgan fingerprint density at radius 3 is 2.40 bits per heavy atom. The van der Waals surface area contributed by atoms with Gasteiger partial charge in [0.1, 0.15) is 5.75 Å². The summed E-state index contributed by atoms with van der Waals surface area (Å²) in [6, 6.07) is 12.4. The van der Waals surface area contributed by atoms with E-state index in [9.17, 15) is 13.2 Å². The van der Waals surface area contributed by atoms with E-state index >= 15 is 0 Å². The van der Waals surface area contributed by atoms with Crippen molar-refractivity contribution in [3.8, 4) is 5.75 Å². The van der Waals surface area contributed by atoms with E-state index in [1.807, 2.05) is 32.0 Å². The summed E-state index contributed by atoms with van der Waals surface area (Å²) in [5, 5.41) is 0.546. The van der Waals surface area contributed by atoms with E-state index < -0.39 is 10.0 Å². The van der Waals surface area contributed by atoms with Crippen LogP contribution in [0.15, 0.2) is 47.4 Å². The highest BCUT2D eigenvalue weighted by atomic mass is 35.5. The number of aryl methyl sites for hydroxylation is 2. The lowest BCUT2D eigenvalue weighted by atomic mass is 10.1. The highest BCUT2D eigenvalue weighted by Gasteiger charge is 2.30. The van der Waals surface area contributed by atoms with E-state index in [0.29, 0.717) is 61.3 Å². The first kappa shape index (κ1) is 22.6. The largest absolute Gasteiger partial charge is 0.492 e. The Morgan fingerprint density at radius 1 is 1.03 bits per heavy atom. The summed E-state index contributed by atoms with van der Waals surface area (Å²) >= 11 is 6.04. The lowest BCUT2D eigenvalue weighted by Gasteiger charge is -2.34. The Labute approximate surface area is 183 Å². The number of para-hydroxylation sites is 1. The molecule has 6 nitrogen and oxygen atoms in total. The molecule has 0 aromatic heterocycles. The molecule has 0 radical (unpaired) electrons. The van der Waals surface area contributed by atoms with Gasteiger partial charge in [-0.3, -0.25) is 4.79 Å². The highest BCUT2D eigenvalue weighted by Crippen LogP contribution is 2.23. The van der Waals surface area contributed by atoms with Gasteiger partial charge in [0.15, 0.2) is 0 Å². The fourth-order valence-electron chi connectivity index (χ4n) is 3.33. The molecule has 162 valence electrons. The first-order valence-electron chi connectivity index (χ1n) is 10.0. The normalized spacial score (nSPS) is 15.2. The van der Waals surface area contributed by atoms with Gasteiger partial charge in [0, 0.05) is 32.6 Å².